The van der Waals surface area contributed by atoms with Gasteiger partial charge in [-0.3, -0.25) is 9.52 Å². The summed E-state index contributed by atoms with van der Waals surface area (Å²) >= 11 is 0. The van der Waals surface area contributed by atoms with Gasteiger partial charge in [-0.1, -0.05) is 0 Å². The van der Waals surface area contributed by atoms with Gasteiger partial charge < -0.3 is 10.1 Å². The number of ether oxygens (including phenoxy) is 1. The molecule has 1 saturated heterocycles. The third-order valence-electron chi connectivity index (χ3n) is 3.86. The number of hydrogen-bond donors (Lipinski definition) is 2. The molecule has 138 valence electrons. The van der Waals surface area contributed by atoms with Crippen LogP contribution in [0.3, 0.4) is 0 Å². The fraction of sp³-hybridized carbons (Fsp3) is 0.353. The normalized spacial score (nSPS) is 17.1. The molecular formula is C17H20N4O4S. The molecule has 0 radical (unpaired) electrons. The third-order valence-corrected chi connectivity index (χ3v) is 5.23. The zero-order chi connectivity index (χ0) is 18.7. The summed E-state index contributed by atoms with van der Waals surface area (Å²) in [7, 11) is -3.79. The topological polar surface area (TPSA) is 110 Å². The molecular weight excluding hydrogens is 356 g/mol. The van der Waals surface area contributed by atoms with E-state index in [-0.39, 0.29) is 16.6 Å². The van der Waals surface area contributed by atoms with Crippen LogP contribution < -0.4 is 10.0 Å². The van der Waals surface area contributed by atoms with Crippen LogP contribution in [0.1, 0.15) is 24.4 Å². The van der Waals surface area contributed by atoms with Crippen LogP contribution in [0.5, 0.6) is 0 Å². The third kappa shape index (κ3) is 4.36. The van der Waals surface area contributed by atoms with Crippen LogP contribution >= 0.6 is 0 Å². The van der Waals surface area contributed by atoms with E-state index in [0.717, 1.165) is 6.42 Å². The zero-order valence-corrected chi connectivity index (χ0v) is 15.3. The summed E-state index contributed by atoms with van der Waals surface area (Å²) in [6, 6.07) is 7.49. The molecule has 1 aliphatic rings. The molecule has 3 rings (SSSR count). The van der Waals surface area contributed by atoms with Gasteiger partial charge in [0.2, 0.25) is 0 Å². The Labute approximate surface area is 152 Å². The molecule has 1 aromatic carbocycles. The zero-order valence-electron chi connectivity index (χ0n) is 14.5. The first kappa shape index (κ1) is 18.3. The number of carbonyl (C=O) groups excluding carboxylic acids is 1. The monoisotopic (exact) mass is 376 g/mol. The summed E-state index contributed by atoms with van der Waals surface area (Å²) < 4.78 is 32.7. The Bertz CT molecular complexity index is 887. The Hall–Kier alpha value is -2.52. The van der Waals surface area contributed by atoms with Gasteiger partial charge in [0, 0.05) is 24.1 Å². The maximum atomic E-state index is 12.5. The molecule has 2 aromatic rings. The quantitative estimate of drug-likeness (QED) is 0.826. The molecule has 1 atom stereocenters. The standard InChI is InChI=1S/C17H20N4O4S/c1-11-10-16(19-12(2)18-11)21-26(23,24)14-7-5-13(6-8-14)20-17(22)15-4-3-9-25-15/h5-8,10,15H,3-4,9H2,1-2H3,(H,20,22)(H,18,19,21). The van der Waals surface area contributed by atoms with E-state index in [1.807, 2.05) is 0 Å². The van der Waals surface area contributed by atoms with E-state index in [2.05, 4.69) is 20.0 Å². The second-order valence-corrected chi connectivity index (χ2v) is 7.74. The minimum atomic E-state index is -3.79. The highest BCUT2D eigenvalue weighted by Crippen LogP contribution is 2.19. The number of nitrogens with zero attached hydrogens (tertiary/aromatic N) is 2. The van der Waals surface area contributed by atoms with Crippen LogP contribution in [0.2, 0.25) is 0 Å². The Morgan fingerprint density at radius 1 is 1.19 bits per heavy atom. The molecule has 1 unspecified atom stereocenters. The number of anilines is 2. The first-order valence-corrected chi connectivity index (χ1v) is 9.69. The van der Waals surface area contributed by atoms with Gasteiger partial charge in [0.05, 0.1) is 4.90 Å². The number of amides is 1. The summed E-state index contributed by atoms with van der Waals surface area (Å²) in [6.07, 6.45) is 1.12. The van der Waals surface area contributed by atoms with Crippen molar-refractivity contribution in [2.75, 3.05) is 16.6 Å². The number of aryl methyl sites for hydroxylation is 2. The largest absolute Gasteiger partial charge is 0.368 e. The number of nitrogens with one attached hydrogen (secondary N) is 2. The van der Waals surface area contributed by atoms with E-state index in [4.69, 9.17) is 4.74 Å². The lowest BCUT2D eigenvalue weighted by Crippen LogP contribution is -2.26. The van der Waals surface area contributed by atoms with Crippen molar-refractivity contribution in [1.82, 2.24) is 9.97 Å². The van der Waals surface area contributed by atoms with Crippen molar-refractivity contribution in [2.24, 2.45) is 0 Å². The molecule has 9 heteroatoms. The first-order chi connectivity index (χ1) is 12.3. The molecule has 2 N–H and O–H groups in total. The number of rotatable bonds is 5. The van der Waals surface area contributed by atoms with Gasteiger partial charge in [-0.05, 0) is 51.0 Å². The summed E-state index contributed by atoms with van der Waals surface area (Å²) in [4.78, 5) is 20.3. The lowest BCUT2D eigenvalue weighted by Gasteiger charge is -2.12. The second kappa shape index (κ2) is 7.38. The van der Waals surface area contributed by atoms with Gasteiger partial charge >= 0.3 is 0 Å². The summed E-state index contributed by atoms with van der Waals surface area (Å²) in [6.45, 7) is 4.04. The van der Waals surface area contributed by atoms with E-state index in [0.29, 0.717) is 30.2 Å². The fourth-order valence-electron chi connectivity index (χ4n) is 2.69. The molecule has 0 spiro atoms. The molecule has 1 fully saturated rings. The fourth-order valence-corrected chi connectivity index (χ4v) is 3.68. The molecule has 1 amide bonds. The first-order valence-electron chi connectivity index (χ1n) is 8.21. The van der Waals surface area contributed by atoms with Crippen LogP contribution in [0.4, 0.5) is 11.5 Å². The summed E-state index contributed by atoms with van der Waals surface area (Å²) in [5, 5.41) is 2.73. The van der Waals surface area contributed by atoms with Crippen LogP contribution in [0, 0.1) is 13.8 Å². The molecule has 0 saturated carbocycles. The smallest absolute Gasteiger partial charge is 0.263 e. The molecule has 2 heterocycles. The van der Waals surface area contributed by atoms with Gasteiger partial charge in [0.1, 0.15) is 17.7 Å². The maximum Gasteiger partial charge on any atom is 0.263 e. The van der Waals surface area contributed by atoms with Crippen molar-refractivity contribution in [2.45, 2.75) is 37.7 Å². The van der Waals surface area contributed by atoms with E-state index < -0.39 is 16.1 Å². The van der Waals surface area contributed by atoms with E-state index in [1.165, 1.54) is 24.3 Å². The van der Waals surface area contributed by atoms with Crippen molar-refractivity contribution >= 4 is 27.4 Å². The molecule has 0 bridgehead atoms. The molecule has 1 aliphatic heterocycles. The van der Waals surface area contributed by atoms with Gasteiger partial charge in [0.15, 0.2) is 0 Å². The van der Waals surface area contributed by atoms with E-state index in [1.54, 1.807) is 19.9 Å². The number of hydrogen-bond acceptors (Lipinski definition) is 6. The van der Waals surface area contributed by atoms with Crippen LogP contribution in [0.25, 0.3) is 0 Å². The van der Waals surface area contributed by atoms with Crippen molar-refractivity contribution < 1.29 is 17.9 Å². The molecule has 0 aliphatic carbocycles. The number of benzene rings is 1. The predicted octanol–water partition coefficient (Wildman–Crippen LogP) is 2.01. The van der Waals surface area contributed by atoms with Gasteiger partial charge in [-0.15, -0.1) is 0 Å². The van der Waals surface area contributed by atoms with Gasteiger partial charge in [-0.25, -0.2) is 18.4 Å². The second-order valence-electron chi connectivity index (χ2n) is 6.06. The van der Waals surface area contributed by atoms with E-state index >= 15 is 0 Å². The molecule has 1 aromatic heterocycles. The number of carbonyl (C=O) groups is 1. The molecule has 26 heavy (non-hydrogen) atoms. The minimum absolute atomic E-state index is 0.0709. The Balaban J connectivity index is 1.71. The van der Waals surface area contributed by atoms with E-state index in [9.17, 15) is 13.2 Å². The Morgan fingerprint density at radius 2 is 1.92 bits per heavy atom. The van der Waals surface area contributed by atoms with Gasteiger partial charge in [-0.2, -0.15) is 0 Å². The van der Waals surface area contributed by atoms with Crippen molar-refractivity contribution in [3.05, 3.63) is 41.9 Å². The minimum Gasteiger partial charge on any atom is -0.368 e. The SMILES string of the molecule is Cc1cc(NS(=O)(=O)c2ccc(NC(=O)C3CCCO3)cc2)nc(C)n1. The van der Waals surface area contributed by atoms with Crippen molar-refractivity contribution in [3.63, 3.8) is 0 Å². The molecule has 8 nitrogen and oxygen atoms in total. The Morgan fingerprint density at radius 3 is 2.54 bits per heavy atom. The number of aromatic nitrogens is 2. The highest BCUT2D eigenvalue weighted by Gasteiger charge is 2.23. The number of sulfonamides is 1. The van der Waals surface area contributed by atoms with Crippen molar-refractivity contribution in [3.8, 4) is 0 Å². The average Bonchev–Trinajstić information content (AvgIpc) is 3.08. The highest BCUT2D eigenvalue weighted by molar-refractivity contribution is 7.92. The summed E-state index contributed by atoms with van der Waals surface area (Å²) in [5.74, 6) is 0.476. The Kier molecular flexibility index (Phi) is 5.19. The summed E-state index contributed by atoms with van der Waals surface area (Å²) in [5.41, 5.74) is 1.18. The van der Waals surface area contributed by atoms with Crippen LogP contribution in [-0.4, -0.2) is 37.0 Å². The van der Waals surface area contributed by atoms with Crippen molar-refractivity contribution in [1.29, 1.82) is 0 Å². The van der Waals surface area contributed by atoms with Crippen LogP contribution in [-0.2, 0) is 19.6 Å². The lowest BCUT2D eigenvalue weighted by molar-refractivity contribution is -0.124. The average molecular weight is 376 g/mol. The highest BCUT2D eigenvalue weighted by atomic mass is 32.2. The van der Waals surface area contributed by atoms with Crippen LogP contribution in [0.15, 0.2) is 35.2 Å². The maximum absolute atomic E-state index is 12.5. The predicted molar refractivity (Wildman–Crippen MR) is 96.4 cm³/mol. The van der Waals surface area contributed by atoms with Gasteiger partial charge in [0.25, 0.3) is 15.9 Å². The lowest BCUT2D eigenvalue weighted by atomic mass is 10.2.